The number of unbranched alkanes of at least 4 members (excludes halogenated alkanes) is 12. The lowest BCUT2D eigenvalue weighted by molar-refractivity contribution is -0.185. The molecule has 2 unspecified atom stereocenters. The van der Waals surface area contributed by atoms with Crippen LogP contribution in [0, 0.1) is 5.82 Å². The SMILES string of the molecule is CCCCCCCCCCCCCCCC(=O)OC(C)OC(=O)C(C)c1ccc(-c2ccccc2)c(F)c1. The predicted octanol–water partition coefficient (Wildman–Crippen LogP) is 9.51. The van der Waals surface area contributed by atoms with Gasteiger partial charge in [-0.2, -0.15) is 0 Å². The van der Waals surface area contributed by atoms with Crippen molar-refractivity contribution in [3.63, 3.8) is 0 Å². The zero-order valence-electron chi connectivity index (χ0n) is 23.7. The average Bonchev–Trinajstić information content (AvgIpc) is 2.91. The first-order chi connectivity index (χ1) is 18.4. The fourth-order valence-corrected chi connectivity index (χ4v) is 4.61. The molecule has 0 fully saturated rings. The lowest BCUT2D eigenvalue weighted by Gasteiger charge is -2.18. The van der Waals surface area contributed by atoms with Crippen LogP contribution in [-0.4, -0.2) is 18.2 Å². The van der Waals surface area contributed by atoms with E-state index in [1.54, 1.807) is 19.1 Å². The van der Waals surface area contributed by atoms with Crippen molar-refractivity contribution in [3.8, 4) is 11.1 Å². The standard InChI is InChI=1S/C33H47FO4/c1-4-5-6-7-8-9-10-11-12-13-14-15-19-22-32(35)37-27(3)38-33(36)26(2)29-23-24-30(31(34)25-29)28-20-17-16-18-21-28/h16-18,20-21,23-27H,4-15,19,22H2,1-3H3. The average molecular weight is 527 g/mol. The number of hydrogen-bond acceptors (Lipinski definition) is 4. The number of benzene rings is 2. The molecule has 0 aliphatic heterocycles. The summed E-state index contributed by atoms with van der Waals surface area (Å²) < 4.78 is 25.3. The number of carbonyl (C=O) groups is 2. The molecule has 0 bridgehead atoms. The highest BCUT2D eigenvalue weighted by Gasteiger charge is 2.22. The second kappa shape index (κ2) is 18.5. The van der Waals surface area contributed by atoms with Crippen molar-refractivity contribution >= 4 is 11.9 Å². The molecule has 0 aliphatic carbocycles. The van der Waals surface area contributed by atoms with Crippen molar-refractivity contribution < 1.29 is 23.5 Å². The Morgan fingerprint density at radius 3 is 1.84 bits per heavy atom. The molecule has 0 N–H and O–H groups in total. The van der Waals surface area contributed by atoms with Crippen molar-refractivity contribution in [2.75, 3.05) is 0 Å². The zero-order valence-corrected chi connectivity index (χ0v) is 23.7. The lowest BCUT2D eigenvalue weighted by Crippen LogP contribution is -2.24. The molecule has 210 valence electrons. The third kappa shape index (κ3) is 12.2. The fourth-order valence-electron chi connectivity index (χ4n) is 4.61. The van der Waals surface area contributed by atoms with Crippen molar-refractivity contribution in [1.29, 1.82) is 0 Å². The van der Waals surface area contributed by atoms with E-state index in [0.717, 1.165) is 24.8 Å². The molecule has 2 aromatic carbocycles. The Bertz CT molecular complexity index is 943. The van der Waals surface area contributed by atoms with Gasteiger partial charge in [0.15, 0.2) is 0 Å². The largest absolute Gasteiger partial charge is 0.425 e. The highest BCUT2D eigenvalue weighted by atomic mass is 19.1. The van der Waals surface area contributed by atoms with Crippen LogP contribution in [0.4, 0.5) is 4.39 Å². The second-order valence-corrected chi connectivity index (χ2v) is 10.3. The van der Waals surface area contributed by atoms with Crippen molar-refractivity contribution in [2.45, 2.75) is 123 Å². The minimum Gasteiger partial charge on any atom is -0.425 e. The molecule has 0 saturated heterocycles. The second-order valence-electron chi connectivity index (χ2n) is 10.3. The van der Waals surface area contributed by atoms with Crippen LogP contribution >= 0.6 is 0 Å². The van der Waals surface area contributed by atoms with Gasteiger partial charge in [0.1, 0.15) is 5.82 Å². The summed E-state index contributed by atoms with van der Waals surface area (Å²) in [5.41, 5.74) is 1.76. The van der Waals surface area contributed by atoms with E-state index in [2.05, 4.69) is 6.92 Å². The van der Waals surface area contributed by atoms with Gasteiger partial charge >= 0.3 is 11.9 Å². The Kier molecular flexibility index (Phi) is 15.4. The van der Waals surface area contributed by atoms with Crippen LogP contribution in [0.1, 0.15) is 122 Å². The van der Waals surface area contributed by atoms with Gasteiger partial charge in [0.25, 0.3) is 0 Å². The molecule has 2 rings (SSSR count). The third-order valence-corrected chi connectivity index (χ3v) is 7.00. The molecule has 38 heavy (non-hydrogen) atoms. The normalized spacial score (nSPS) is 12.6. The lowest BCUT2D eigenvalue weighted by atomic mass is 9.97. The Morgan fingerprint density at radius 2 is 1.29 bits per heavy atom. The molecule has 5 heteroatoms. The van der Waals surface area contributed by atoms with Crippen LogP contribution in [0.25, 0.3) is 11.1 Å². The van der Waals surface area contributed by atoms with E-state index in [1.165, 1.54) is 77.2 Å². The summed E-state index contributed by atoms with van der Waals surface area (Å²) in [7, 11) is 0. The highest BCUT2D eigenvalue weighted by molar-refractivity contribution is 5.78. The summed E-state index contributed by atoms with van der Waals surface area (Å²) in [5.74, 6) is -2.00. The summed E-state index contributed by atoms with van der Waals surface area (Å²) >= 11 is 0. The maximum Gasteiger partial charge on any atom is 0.316 e. The van der Waals surface area contributed by atoms with Gasteiger partial charge in [-0.1, -0.05) is 126 Å². The molecule has 0 aromatic heterocycles. The van der Waals surface area contributed by atoms with Crippen molar-refractivity contribution in [2.24, 2.45) is 0 Å². The molecular formula is C33H47FO4. The van der Waals surface area contributed by atoms with Crippen molar-refractivity contribution in [3.05, 3.63) is 59.9 Å². The van der Waals surface area contributed by atoms with E-state index in [0.29, 0.717) is 17.5 Å². The van der Waals surface area contributed by atoms with Gasteiger partial charge in [0, 0.05) is 18.9 Å². The van der Waals surface area contributed by atoms with E-state index in [-0.39, 0.29) is 5.97 Å². The first-order valence-electron chi connectivity index (χ1n) is 14.7. The summed E-state index contributed by atoms with van der Waals surface area (Å²) in [6.07, 6.45) is 15.5. The molecular weight excluding hydrogens is 479 g/mol. The number of halogens is 1. The van der Waals surface area contributed by atoms with Gasteiger partial charge in [-0.05, 0) is 30.5 Å². The van der Waals surface area contributed by atoms with Gasteiger partial charge in [-0.25, -0.2) is 4.39 Å². The molecule has 0 amide bonds. The minimum absolute atomic E-state index is 0.321. The summed E-state index contributed by atoms with van der Waals surface area (Å²) in [4.78, 5) is 24.7. The topological polar surface area (TPSA) is 52.6 Å². The number of rotatable bonds is 19. The molecule has 2 aromatic rings. The van der Waals surface area contributed by atoms with E-state index in [1.807, 2.05) is 30.3 Å². The Labute approximate surface area is 229 Å². The van der Waals surface area contributed by atoms with Gasteiger partial charge in [0.2, 0.25) is 6.29 Å². The van der Waals surface area contributed by atoms with Crippen molar-refractivity contribution in [1.82, 2.24) is 0 Å². The third-order valence-electron chi connectivity index (χ3n) is 7.00. The van der Waals surface area contributed by atoms with Crippen LogP contribution < -0.4 is 0 Å². The van der Waals surface area contributed by atoms with Crippen LogP contribution in [0.2, 0.25) is 0 Å². The summed E-state index contributed by atoms with van der Waals surface area (Å²) in [6, 6.07) is 14.0. The molecule has 2 atom stereocenters. The Morgan fingerprint density at radius 1 is 0.737 bits per heavy atom. The zero-order chi connectivity index (χ0) is 27.6. The van der Waals surface area contributed by atoms with Gasteiger partial charge < -0.3 is 9.47 Å². The number of hydrogen-bond donors (Lipinski definition) is 0. The minimum atomic E-state index is -0.979. The Hall–Kier alpha value is -2.69. The smallest absolute Gasteiger partial charge is 0.316 e. The first-order valence-corrected chi connectivity index (χ1v) is 14.7. The van der Waals surface area contributed by atoms with E-state index < -0.39 is 24.0 Å². The molecule has 0 aliphatic rings. The number of carbonyl (C=O) groups excluding carboxylic acids is 2. The summed E-state index contributed by atoms with van der Waals surface area (Å²) in [6.45, 7) is 5.44. The fraction of sp³-hybridized carbons (Fsp3) is 0.576. The van der Waals surface area contributed by atoms with Crippen LogP contribution in [0.5, 0.6) is 0 Å². The van der Waals surface area contributed by atoms with Crippen LogP contribution in [-0.2, 0) is 19.1 Å². The van der Waals surface area contributed by atoms with E-state index in [4.69, 9.17) is 9.47 Å². The quantitative estimate of drug-likeness (QED) is 0.104. The van der Waals surface area contributed by atoms with Gasteiger partial charge in [-0.3, -0.25) is 9.59 Å². The maximum absolute atomic E-state index is 14.7. The highest BCUT2D eigenvalue weighted by Crippen LogP contribution is 2.27. The summed E-state index contributed by atoms with van der Waals surface area (Å²) in [5, 5.41) is 0. The van der Waals surface area contributed by atoms with E-state index >= 15 is 0 Å². The number of ether oxygens (including phenoxy) is 2. The number of esters is 2. The van der Waals surface area contributed by atoms with Gasteiger partial charge in [-0.15, -0.1) is 0 Å². The Balaban J connectivity index is 1.58. The molecule has 0 saturated carbocycles. The first kappa shape index (κ1) is 31.5. The van der Waals surface area contributed by atoms with Crippen LogP contribution in [0.3, 0.4) is 0 Å². The monoisotopic (exact) mass is 526 g/mol. The van der Waals surface area contributed by atoms with E-state index in [9.17, 15) is 14.0 Å². The maximum atomic E-state index is 14.7. The van der Waals surface area contributed by atoms with Crippen LogP contribution in [0.15, 0.2) is 48.5 Å². The van der Waals surface area contributed by atoms with Gasteiger partial charge in [0.05, 0.1) is 5.92 Å². The molecule has 0 radical (unpaired) electrons. The molecule has 0 spiro atoms. The predicted molar refractivity (Wildman–Crippen MR) is 152 cm³/mol. The molecule has 4 nitrogen and oxygen atoms in total. The molecule has 0 heterocycles.